The number of rotatable bonds is 6. The Bertz CT molecular complexity index is 354. The van der Waals surface area contributed by atoms with Gasteiger partial charge in [0.05, 0.1) is 12.2 Å². The van der Waals surface area contributed by atoms with Crippen LogP contribution in [0.25, 0.3) is 0 Å². The Morgan fingerprint density at radius 1 is 1.12 bits per heavy atom. The molecule has 2 heteroatoms. The average molecular weight is 232 g/mol. The van der Waals surface area contributed by atoms with Crippen molar-refractivity contribution in [3.8, 4) is 0 Å². The summed E-state index contributed by atoms with van der Waals surface area (Å²) in [4.78, 5) is 0. The van der Waals surface area contributed by atoms with E-state index < -0.39 is 6.10 Å². The van der Waals surface area contributed by atoms with Gasteiger partial charge in [0.2, 0.25) is 0 Å². The molecule has 0 bridgehead atoms. The first-order valence-electron chi connectivity index (χ1n) is 6.34. The zero-order valence-electron chi connectivity index (χ0n) is 10.00. The molecule has 1 aliphatic carbocycles. The lowest BCUT2D eigenvalue weighted by Crippen LogP contribution is -2.09. The summed E-state index contributed by atoms with van der Waals surface area (Å²) in [5.41, 5.74) is 1.24. The molecule has 2 N–H and O–H groups in total. The van der Waals surface area contributed by atoms with E-state index in [1.165, 1.54) is 5.56 Å². The van der Waals surface area contributed by atoms with E-state index in [1.807, 2.05) is 18.2 Å². The molecule has 0 radical (unpaired) electrons. The quantitative estimate of drug-likeness (QED) is 0.739. The number of aryl methyl sites for hydroxylation is 1. The molecule has 0 unspecified atom stereocenters. The summed E-state index contributed by atoms with van der Waals surface area (Å²) in [7, 11) is 0. The van der Waals surface area contributed by atoms with Gasteiger partial charge in [-0.05, 0) is 37.2 Å². The molecule has 17 heavy (non-hydrogen) atoms. The standard InChI is InChI=1S/C15H20O2/c16-14(10-11-15(17)13-7-8-13)9-6-12-4-2-1-3-5-12/h1-5,10-11,13-17H,6-9H2/b11-10+/t14-,15+/m1/s1. The van der Waals surface area contributed by atoms with Crippen LogP contribution in [0.2, 0.25) is 0 Å². The van der Waals surface area contributed by atoms with Gasteiger partial charge in [0.25, 0.3) is 0 Å². The molecule has 1 aliphatic rings. The van der Waals surface area contributed by atoms with Crippen molar-refractivity contribution >= 4 is 0 Å². The summed E-state index contributed by atoms with van der Waals surface area (Å²) in [6.07, 6.45) is 6.46. The predicted octanol–water partition coefficient (Wildman–Crippen LogP) is 2.31. The molecule has 0 amide bonds. The lowest BCUT2D eigenvalue weighted by Gasteiger charge is -2.07. The van der Waals surface area contributed by atoms with Gasteiger partial charge in [0, 0.05) is 0 Å². The van der Waals surface area contributed by atoms with Crippen molar-refractivity contribution < 1.29 is 10.2 Å². The van der Waals surface area contributed by atoms with Crippen molar-refractivity contribution in [3.63, 3.8) is 0 Å². The van der Waals surface area contributed by atoms with Crippen LogP contribution in [0.5, 0.6) is 0 Å². The van der Waals surface area contributed by atoms with Gasteiger partial charge >= 0.3 is 0 Å². The second-order valence-electron chi connectivity index (χ2n) is 4.80. The van der Waals surface area contributed by atoms with Gasteiger partial charge in [-0.25, -0.2) is 0 Å². The highest BCUT2D eigenvalue weighted by atomic mass is 16.3. The van der Waals surface area contributed by atoms with Crippen LogP contribution in [-0.2, 0) is 6.42 Å². The third-order valence-corrected chi connectivity index (χ3v) is 3.21. The Hall–Kier alpha value is -1.12. The number of aliphatic hydroxyl groups excluding tert-OH is 2. The minimum Gasteiger partial charge on any atom is -0.389 e. The maximum atomic E-state index is 9.76. The van der Waals surface area contributed by atoms with Gasteiger partial charge in [-0.1, -0.05) is 42.5 Å². The van der Waals surface area contributed by atoms with E-state index in [0.29, 0.717) is 12.3 Å². The number of hydrogen-bond acceptors (Lipinski definition) is 2. The second-order valence-corrected chi connectivity index (χ2v) is 4.80. The van der Waals surface area contributed by atoms with Crippen molar-refractivity contribution in [2.75, 3.05) is 0 Å². The molecule has 1 aromatic rings. The Labute approximate surface area is 103 Å². The molecule has 1 fully saturated rings. The molecule has 92 valence electrons. The van der Waals surface area contributed by atoms with Gasteiger partial charge in [-0.15, -0.1) is 0 Å². The van der Waals surface area contributed by atoms with Crippen LogP contribution in [0.1, 0.15) is 24.8 Å². The Morgan fingerprint density at radius 2 is 1.82 bits per heavy atom. The van der Waals surface area contributed by atoms with E-state index >= 15 is 0 Å². The molecular formula is C15H20O2. The topological polar surface area (TPSA) is 40.5 Å². The minimum absolute atomic E-state index is 0.360. The third-order valence-electron chi connectivity index (χ3n) is 3.21. The maximum Gasteiger partial charge on any atom is 0.0749 e. The SMILES string of the molecule is O[C@@H](/C=C/[C@H](O)C1CC1)CCc1ccccc1. The largest absolute Gasteiger partial charge is 0.389 e. The molecule has 2 atom stereocenters. The van der Waals surface area contributed by atoms with E-state index in [9.17, 15) is 10.2 Å². The molecule has 2 nitrogen and oxygen atoms in total. The zero-order valence-corrected chi connectivity index (χ0v) is 10.00. The molecule has 0 spiro atoms. The van der Waals surface area contributed by atoms with E-state index in [4.69, 9.17) is 0 Å². The zero-order chi connectivity index (χ0) is 12.1. The molecule has 1 saturated carbocycles. The van der Waals surface area contributed by atoms with Gasteiger partial charge < -0.3 is 10.2 Å². The van der Waals surface area contributed by atoms with Gasteiger partial charge in [-0.2, -0.15) is 0 Å². The molecule has 2 rings (SSSR count). The van der Waals surface area contributed by atoms with Gasteiger partial charge in [0.15, 0.2) is 0 Å². The molecular weight excluding hydrogens is 212 g/mol. The predicted molar refractivity (Wildman–Crippen MR) is 68.6 cm³/mol. The molecule has 0 aromatic heterocycles. The number of hydrogen-bond donors (Lipinski definition) is 2. The molecule has 0 saturated heterocycles. The second kappa shape index (κ2) is 5.99. The van der Waals surface area contributed by atoms with Crippen molar-refractivity contribution in [1.82, 2.24) is 0 Å². The monoisotopic (exact) mass is 232 g/mol. The summed E-state index contributed by atoms with van der Waals surface area (Å²) in [6, 6.07) is 10.1. The van der Waals surface area contributed by atoms with Gasteiger partial charge in [0.1, 0.15) is 0 Å². The maximum absolute atomic E-state index is 9.76. The fraction of sp³-hybridized carbons (Fsp3) is 0.467. The Balaban J connectivity index is 1.71. The summed E-state index contributed by atoms with van der Waals surface area (Å²) in [5, 5.41) is 19.4. The van der Waals surface area contributed by atoms with Crippen LogP contribution >= 0.6 is 0 Å². The highest BCUT2D eigenvalue weighted by Gasteiger charge is 2.27. The summed E-state index contributed by atoms with van der Waals surface area (Å²) in [5.74, 6) is 0.438. The van der Waals surface area contributed by atoms with Crippen LogP contribution in [0, 0.1) is 5.92 Å². The van der Waals surface area contributed by atoms with Crippen molar-refractivity contribution in [2.45, 2.75) is 37.9 Å². The number of benzene rings is 1. The average Bonchev–Trinajstić information content (AvgIpc) is 3.19. The van der Waals surface area contributed by atoms with Gasteiger partial charge in [-0.3, -0.25) is 0 Å². The van der Waals surface area contributed by atoms with Crippen LogP contribution in [-0.4, -0.2) is 22.4 Å². The summed E-state index contributed by atoms with van der Waals surface area (Å²) < 4.78 is 0. The highest BCUT2D eigenvalue weighted by Crippen LogP contribution is 2.33. The lowest BCUT2D eigenvalue weighted by molar-refractivity contribution is 0.189. The third kappa shape index (κ3) is 4.33. The molecule has 0 aliphatic heterocycles. The molecule has 0 heterocycles. The van der Waals surface area contributed by atoms with Crippen LogP contribution in [0.3, 0.4) is 0 Å². The fourth-order valence-electron chi connectivity index (χ4n) is 1.89. The van der Waals surface area contributed by atoms with Crippen LogP contribution in [0.4, 0.5) is 0 Å². The minimum atomic E-state index is -0.455. The van der Waals surface area contributed by atoms with Crippen molar-refractivity contribution in [1.29, 1.82) is 0 Å². The van der Waals surface area contributed by atoms with E-state index in [2.05, 4.69) is 12.1 Å². The summed E-state index contributed by atoms with van der Waals surface area (Å²) in [6.45, 7) is 0. The first-order valence-corrected chi connectivity index (χ1v) is 6.34. The van der Waals surface area contributed by atoms with Crippen LogP contribution in [0.15, 0.2) is 42.5 Å². The molecule has 1 aromatic carbocycles. The highest BCUT2D eigenvalue weighted by molar-refractivity contribution is 5.15. The van der Waals surface area contributed by atoms with Crippen molar-refractivity contribution in [2.24, 2.45) is 5.92 Å². The van der Waals surface area contributed by atoms with Crippen molar-refractivity contribution in [3.05, 3.63) is 48.0 Å². The normalized spacial score (nSPS) is 19.4. The van der Waals surface area contributed by atoms with E-state index in [1.54, 1.807) is 12.2 Å². The van der Waals surface area contributed by atoms with E-state index in [0.717, 1.165) is 19.3 Å². The van der Waals surface area contributed by atoms with Crippen LogP contribution < -0.4 is 0 Å². The van der Waals surface area contributed by atoms with E-state index in [-0.39, 0.29) is 6.10 Å². The fourth-order valence-corrected chi connectivity index (χ4v) is 1.89. The Morgan fingerprint density at radius 3 is 2.47 bits per heavy atom. The first kappa shape index (κ1) is 12.3. The smallest absolute Gasteiger partial charge is 0.0749 e. The Kier molecular flexibility index (Phi) is 4.35. The number of aliphatic hydroxyl groups is 2. The summed E-state index contributed by atoms with van der Waals surface area (Å²) >= 11 is 0. The first-order chi connectivity index (χ1) is 8.25. The lowest BCUT2D eigenvalue weighted by atomic mass is 10.1.